The molecule has 0 saturated carbocycles. The molecule has 5 aromatic rings. The smallest absolute Gasteiger partial charge is 0.0393 e. The molecule has 0 radical (unpaired) electrons. The molecule has 0 saturated heterocycles. The zero-order chi connectivity index (χ0) is 19.2. The lowest BCUT2D eigenvalue weighted by Crippen LogP contribution is -1.86. The third kappa shape index (κ3) is 2.17. The van der Waals surface area contributed by atoms with Gasteiger partial charge in [0.1, 0.15) is 0 Å². The highest BCUT2D eigenvalue weighted by molar-refractivity contribution is 7.22. The Labute approximate surface area is 169 Å². The van der Waals surface area contributed by atoms with Crippen LogP contribution in [0.1, 0.15) is 33.4 Å². The molecule has 0 aliphatic heterocycles. The predicted octanol–water partition coefficient (Wildman–Crippen LogP) is 8.01. The third-order valence-corrected chi connectivity index (χ3v) is 7.88. The van der Waals surface area contributed by atoms with E-state index >= 15 is 0 Å². The molecular formula is C27H22S. The Morgan fingerprint density at radius 3 is 1.79 bits per heavy atom. The van der Waals surface area contributed by atoms with Crippen LogP contribution < -0.4 is 0 Å². The van der Waals surface area contributed by atoms with E-state index in [4.69, 9.17) is 0 Å². The molecule has 0 N–H and O–H groups in total. The molecule has 0 fully saturated rings. The molecule has 0 nitrogen and oxygen atoms in total. The summed E-state index contributed by atoms with van der Waals surface area (Å²) in [5.41, 5.74) is 9.96. The largest absolute Gasteiger partial charge is 0.135 e. The Hall–Kier alpha value is -2.64. The van der Waals surface area contributed by atoms with Crippen molar-refractivity contribution in [3.8, 4) is 10.4 Å². The van der Waals surface area contributed by atoms with Crippen LogP contribution >= 0.6 is 11.3 Å². The molecule has 28 heavy (non-hydrogen) atoms. The molecule has 136 valence electrons. The minimum Gasteiger partial charge on any atom is -0.135 e. The lowest BCUT2D eigenvalue weighted by atomic mass is 9.98. The Kier molecular flexibility index (Phi) is 3.18. The van der Waals surface area contributed by atoms with Crippen molar-refractivity contribution in [3.63, 3.8) is 0 Å². The average Bonchev–Trinajstić information content (AvgIpc) is 3.16. The number of benzene rings is 4. The first-order valence-electron chi connectivity index (χ1n) is 9.98. The van der Waals surface area contributed by atoms with Crippen molar-refractivity contribution >= 4 is 43.0 Å². The monoisotopic (exact) mass is 378 g/mol. The molecule has 1 aliphatic carbocycles. The van der Waals surface area contributed by atoms with Gasteiger partial charge in [0.05, 0.1) is 0 Å². The highest BCUT2D eigenvalue weighted by Crippen LogP contribution is 2.48. The summed E-state index contributed by atoms with van der Waals surface area (Å²) in [6, 6.07) is 19.0. The summed E-state index contributed by atoms with van der Waals surface area (Å²) >= 11 is 1.97. The Bertz CT molecular complexity index is 1460. The van der Waals surface area contributed by atoms with E-state index in [-0.39, 0.29) is 0 Å². The van der Waals surface area contributed by atoms with Gasteiger partial charge in [-0.25, -0.2) is 0 Å². The fourth-order valence-electron chi connectivity index (χ4n) is 4.74. The van der Waals surface area contributed by atoms with Gasteiger partial charge in [-0.05, 0) is 112 Å². The maximum Gasteiger partial charge on any atom is 0.0393 e. The molecule has 1 heteroatoms. The highest BCUT2D eigenvalue weighted by atomic mass is 32.1. The maximum atomic E-state index is 2.42. The molecule has 0 spiro atoms. The van der Waals surface area contributed by atoms with E-state index in [1.54, 1.807) is 0 Å². The van der Waals surface area contributed by atoms with Gasteiger partial charge in [-0.15, -0.1) is 11.3 Å². The number of aryl methyl sites for hydroxylation is 4. The van der Waals surface area contributed by atoms with Crippen molar-refractivity contribution in [2.45, 2.75) is 34.1 Å². The van der Waals surface area contributed by atoms with Gasteiger partial charge in [0.25, 0.3) is 0 Å². The quantitative estimate of drug-likeness (QED) is 0.251. The van der Waals surface area contributed by atoms with Crippen molar-refractivity contribution < 1.29 is 0 Å². The number of hydrogen-bond donors (Lipinski definition) is 0. The first-order valence-corrected chi connectivity index (χ1v) is 10.8. The van der Waals surface area contributed by atoms with Crippen molar-refractivity contribution in [1.29, 1.82) is 0 Å². The summed E-state index contributed by atoms with van der Waals surface area (Å²) in [6.07, 6.45) is 1.06. The van der Waals surface area contributed by atoms with Crippen LogP contribution in [0, 0.1) is 27.7 Å². The van der Waals surface area contributed by atoms with Crippen LogP contribution in [0.2, 0.25) is 0 Å². The van der Waals surface area contributed by atoms with Gasteiger partial charge in [0.15, 0.2) is 0 Å². The first kappa shape index (κ1) is 16.3. The number of rotatable bonds is 0. The van der Waals surface area contributed by atoms with Gasteiger partial charge in [-0.2, -0.15) is 0 Å². The van der Waals surface area contributed by atoms with Crippen LogP contribution in [0.4, 0.5) is 0 Å². The standard InChI is InChI=1S/C27H22S/c1-14-5-18-9-22-12-25-24-11-20-7-16(3)17(4)8-21(20)13-26(24)28-27(25)23(22)10-19(18)6-15(14)2/h5-11,13H,12H2,1-4H3. The highest BCUT2D eigenvalue weighted by Gasteiger charge is 2.24. The summed E-state index contributed by atoms with van der Waals surface area (Å²) < 4.78 is 1.42. The van der Waals surface area contributed by atoms with E-state index in [1.165, 1.54) is 75.5 Å². The molecule has 0 bridgehead atoms. The molecule has 0 atom stereocenters. The minimum atomic E-state index is 1.06. The Morgan fingerprint density at radius 1 is 0.607 bits per heavy atom. The van der Waals surface area contributed by atoms with Gasteiger partial charge < -0.3 is 0 Å². The van der Waals surface area contributed by atoms with Crippen LogP contribution in [0.25, 0.3) is 42.1 Å². The fraction of sp³-hybridized carbons (Fsp3) is 0.185. The second-order valence-electron chi connectivity index (χ2n) is 8.51. The van der Waals surface area contributed by atoms with E-state index < -0.39 is 0 Å². The Balaban J connectivity index is 1.62. The lowest BCUT2D eigenvalue weighted by molar-refractivity contribution is 1.29. The van der Waals surface area contributed by atoms with Crippen molar-refractivity contribution in [2.24, 2.45) is 0 Å². The van der Waals surface area contributed by atoms with Gasteiger partial charge >= 0.3 is 0 Å². The number of hydrogen-bond acceptors (Lipinski definition) is 1. The van der Waals surface area contributed by atoms with Gasteiger partial charge in [0, 0.05) is 16.0 Å². The van der Waals surface area contributed by atoms with Crippen LogP contribution in [-0.2, 0) is 6.42 Å². The Morgan fingerprint density at radius 2 is 1.14 bits per heavy atom. The van der Waals surface area contributed by atoms with E-state index in [0.717, 1.165) is 6.42 Å². The SMILES string of the molecule is Cc1cc2cc3c(cc2cc1C)-c1sc2cc4cc(C)c(C)cc4cc2c1C3. The predicted molar refractivity (Wildman–Crippen MR) is 124 cm³/mol. The molecule has 4 aromatic carbocycles. The number of thiophene rings is 1. The van der Waals surface area contributed by atoms with Crippen LogP contribution in [-0.4, -0.2) is 0 Å². The van der Waals surface area contributed by atoms with Crippen molar-refractivity contribution in [3.05, 3.63) is 81.9 Å². The molecular weight excluding hydrogens is 356 g/mol. The molecule has 0 amide bonds. The van der Waals surface area contributed by atoms with Crippen LogP contribution in [0.3, 0.4) is 0 Å². The van der Waals surface area contributed by atoms with Gasteiger partial charge in [0.2, 0.25) is 0 Å². The van der Waals surface area contributed by atoms with Gasteiger partial charge in [-0.1, -0.05) is 30.3 Å². The number of fused-ring (bicyclic) bond motifs is 7. The normalized spacial score (nSPS) is 12.9. The van der Waals surface area contributed by atoms with Crippen molar-refractivity contribution in [2.75, 3.05) is 0 Å². The summed E-state index contributed by atoms with van der Waals surface area (Å²) in [4.78, 5) is 1.48. The lowest BCUT2D eigenvalue weighted by Gasteiger charge is -2.08. The topological polar surface area (TPSA) is 0 Å². The van der Waals surface area contributed by atoms with E-state index in [9.17, 15) is 0 Å². The average molecular weight is 379 g/mol. The molecule has 0 unspecified atom stereocenters. The summed E-state index contributed by atoms with van der Waals surface area (Å²) in [6.45, 7) is 8.84. The van der Waals surface area contributed by atoms with Crippen molar-refractivity contribution in [1.82, 2.24) is 0 Å². The third-order valence-electron chi connectivity index (χ3n) is 6.65. The molecule has 6 rings (SSSR count). The molecule has 1 heterocycles. The second kappa shape index (κ2) is 5.46. The van der Waals surface area contributed by atoms with E-state index in [1.807, 2.05) is 11.3 Å². The van der Waals surface area contributed by atoms with Gasteiger partial charge in [-0.3, -0.25) is 0 Å². The zero-order valence-corrected chi connectivity index (χ0v) is 17.6. The van der Waals surface area contributed by atoms with Crippen LogP contribution in [0.15, 0.2) is 48.5 Å². The summed E-state index contributed by atoms with van der Waals surface area (Å²) in [5, 5.41) is 6.91. The summed E-state index contributed by atoms with van der Waals surface area (Å²) in [7, 11) is 0. The van der Waals surface area contributed by atoms with Crippen LogP contribution in [0.5, 0.6) is 0 Å². The fourth-order valence-corrected chi connectivity index (χ4v) is 6.04. The zero-order valence-electron chi connectivity index (χ0n) is 16.7. The maximum absolute atomic E-state index is 2.42. The second-order valence-corrected chi connectivity index (χ2v) is 9.56. The first-order chi connectivity index (χ1) is 13.5. The summed E-state index contributed by atoms with van der Waals surface area (Å²) in [5.74, 6) is 0. The van der Waals surface area contributed by atoms with E-state index in [2.05, 4.69) is 76.2 Å². The minimum absolute atomic E-state index is 1.06. The molecule has 1 aromatic heterocycles. The van der Waals surface area contributed by atoms with E-state index in [0.29, 0.717) is 0 Å². The molecule has 1 aliphatic rings.